The number of aromatic hydroxyl groups is 1. The van der Waals surface area contributed by atoms with E-state index < -0.39 is 12.4 Å². The van der Waals surface area contributed by atoms with Gasteiger partial charge in [0.15, 0.2) is 6.29 Å². The molecule has 0 aromatic heterocycles. The van der Waals surface area contributed by atoms with Gasteiger partial charge in [-0.2, -0.15) is 0 Å². The fourth-order valence-corrected chi connectivity index (χ4v) is 7.12. The number of likely N-dealkylation sites (N-methyl/N-ethyl adjacent to an activating group) is 1. The minimum absolute atomic E-state index is 0.0473. The van der Waals surface area contributed by atoms with Crippen LogP contribution in [0.25, 0.3) is 11.1 Å². The number of phenols is 1. The first-order valence-electron chi connectivity index (χ1n) is 17.5. The first-order chi connectivity index (χ1) is 25.2. The van der Waals surface area contributed by atoms with E-state index in [9.17, 15) is 24.9 Å². The molecule has 2 heterocycles. The van der Waals surface area contributed by atoms with Crippen LogP contribution in [-0.4, -0.2) is 63.2 Å². The summed E-state index contributed by atoms with van der Waals surface area (Å²) in [6.07, 6.45) is -2.08. The Morgan fingerprint density at radius 2 is 1.42 bits per heavy atom. The van der Waals surface area contributed by atoms with E-state index in [1.165, 1.54) is 4.90 Å². The maximum absolute atomic E-state index is 13.0. The zero-order valence-corrected chi connectivity index (χ0v) is 29.1. The van der Waals surface area contributed by atoms with Gasteiger partial charge in [0.2, 0.25) is 0 Å². The lowest BCUT2D eigenvalue weighted by Crippen LogP contribution is -2.44. The second-order valence-corrected chi connectivity index (χ2v) is 13.7. The summed E-state index contributed by atoms with van der Waals surface area (Å²) in [5.41, 5.74) is 6.80. The summed E-state index contributed by atoms with van der Waals surface area (Å²) in [4.78, 5) is 29.4. The van der Waals surface area contributed by atoms with E-state index in [0.29, 0.717) is 29.8 Å². The van der Waals surface area contributed by atoms with E-state index in [1.807, 2.05) is 84.7 Å². The molecule has 7 rings (SSSR count). The second-order valence-electron chi connectivity index (χ2n) is 13.7. The van der Waals surface area contributed by atoms with Crippen molar-refractivity contribution in [2.75, 3.05) is 20.1 Å². The number of phenolic OH excluding ortho intramolecular Hbond substituents is 1. The van der Waals surface area contributed by atoms with Gasteiger partial charge in [-0.1, -0.05) is 91.9 Å². The first-order valence-corrected chi connectivity index (χ1v) is 17.5. The number of nitrogens with zero attached hydrogens (tertiary/aromatic N) is 2. The molecule has 2 amide bonds. The van der Waals surface area contributed by atoms with Crippen molar-refractivity contribution in [3.05, 3.63) is 160 Å². The molecular formula is C43H42N2O7. The van der Waals surface area contributed by atoms with Gasteiger partial charge in [0.1, 0.15) is 5.75 Å². The van der Waals surface area contributed by atoms with Crippen molar-refractivity contribution in [2.24, 2.45) is 5.92 Å². The molecule has 0 bridgehead atoms. The van der Waals surface area contributed by atoms with Crippen molar-refractivity contribution in [1.29, 1.82) is 0 Å². The summed E-state index contributed by atoms with van der Waals surface area (Å²) in [6, 6.07) is 37.1. The average Bonchev–Trinajstić information content (AvgIpc) is 3.40. The van der Waals surface area contributed by atoms with Crippen LogP contribution in [0.3, 0.4) is 0 Å². The summed E-state index contributed by atoms with van der Waals surface area (Å²) < 4.78 is 13.4. The molecule has 9 heteroatoms. The Bertz CT molecular complexity index is 2030. The number of imide groups is 1. The Morgan fingerprint density at radius 3 is 2.12 bits per heavy atom. The van der Waals surface area contributed by atoms with Crippen molar-refractivity contribution < 1.29 is 34.4 Å². The molecule has 266 valence electrons. The highest BCUT2D eigenvalue weighted by molar-refractivity contribution is 6.21. The molecule has 9 nitrogen and oxygen atoms in total. The van der Waals surface area contributed by atoms with E-state index >= 15 is 0 Å². The van der Waals surface area contributed by atoms with Crippen LogP contribution in [0.15, 0.2) is 121 Å². The van der Waals surface area contributed by atoms with Crippen LogP contribution in [0.4, 0.5) is 0 Å². The molecule has 2 aliphatic rings. The minimum Gasteiger partial charge on any atom is -0.508 e. The molecule has 0 aliphatic carbocycles. The highest BCUT2D eigenvalue weighted by Gasteiger charge is 2.39. The summed E-state index contributed by atoms with van der Waals surface area (Å²) in [5.74, 6) is -0.527. The molecule has 1 fully saturated rings. The Hall–Kier alpha value is -5.16. The second kappa shape index (κ2) is 15.2. The molecule has 1 saturated heterocycles. The zero-order valence-electron chi connectivity index (χ0n) is 29.1. The number of hydrogen-bond acceptors (Lipinski definition) is 8. The topological polar surface area (TPSA) is 120 Å². The number of aliphatic hydroxyl groups is 2. The Labute approximate surface area is 303 Å². The summed E-state index contributed by atoms with van der Waals surface area (Å²) >= 11 is 0. The molecule has 0 spiro atoms. The van der Waals surface area contributed by atoms with Gasteiger partial charge in [-0.25, -0.2) is 0 Å². The van der Waals surface area contributed by atoms with Crippen LogP contribution in [0.1, 0.15) is 74.0 Å². The smallest absolute Gasteiger partial charge is 0.261 e. The summed E-state index contributed by atoms with van der Waals surface area (Å²) in [5, 5.41) is 30.5. The molecule has 52 heavy (non-hydrogen) atoms. The van der Waals surface area contributed by atoms with Gasteiger partial charge in [-0.05, 0) is 76.8 Å². The van der Waals surface area contributed by atoms with Crippen molar-refractivity contribution in [1.82, 2.24) is 9.80 Å². The highest BCUT2D eigenvalue weighted by Crippen LogP contribution is 2.42. The molecule has 5 atom stereocenters. The van der Waals surface area contributed by atoms with Gasteiger partial charge in [-0.15, -0.1) is 0 Å². The van der Waals surface area contributed by atoms with Crippen LogP contribution < -0.4 is 0 Å². The number of benzene rings is 5. The van der Waals surface area contributed by atoms with E-state index in [1.54, 1.807) is 48.5 Å². The first kappa shape index (κ1) is 35.3. The molecule has 5 aromatic carbocycles. The van der Waals surface area contributed by atoms with E-state index in [2.05, 4.69) is 6.92 Å². The van der Waals surface area contributed by atoms with Gasteiger partial charge >= 0.3 is 0 Å². The van der Waals surface area contributed by atoms with E-state index in [4.69, 9.17) is 9.47 Å². The lowest BCUT2D eigenvalue weighted by atomic mass is 9.89. The predicted octanol–water partition coefficient (Wildman–Crippen LogP) is 6.80. The number of rotatable bonds is 11. The fourth-order valence-electron chi connectivity index (χ4n) is 7.12. The van der Waals surface area contributed by atoms with Crippen LogP contribution in [-0.2, 0) is 22.6 Å². The Kier molecular flexibility index (Phi) is 10.3. The number of carbonyl (C=O) groups is 2. The highest BCUT2D eigenvalue weighted by atomic mass is 16.7. The van der Waals surface area contributed by atoms with Crippen molar-refractivity contribution >= 4 is 11.8 Å². The quantitative estimate of drug-likeness (QED) is 0.129. The Balaban J connectivity index is 1.12. The predicted molar refractivity (Wildman–Crippen MR) is 196 cm³/mol. The third-order valence-electron chi connectivity index (χ3n) is 9.99. The molecule has 2 aliphatic heterocycles. The molecule has 5 aromatic rings. The maximum Gasteiger partial charge on any atom is 0.261 e. The summed E-state index contributed by atoms with van der Waals surface area (Å²) in [6.45, 7) is 3.07. The number of fused-ring (bicyclic) bond motifs is 1. The van der Waals surface area contributed by atoms with Crippen molar-refractivity contribution in [2.45, 2.75) is 44.7 Å². The number of aliphatic hydroxyl groups excluding tert-OH is 2. The maximum atomic E-state index is 13.0. The number of hydrogen-bond donors (Lipinski definition) is 3. The van der Waals surface area contributed by atoms with Crippen LogP contribution in [0.5, 0.6) is 5.75 Å². The van der Waals surface area contributed by atoms with Gasteiger partial charge < -0.3 is 29.7 Å². The molecule has 0 saturated carbocycles. The van der Waals surface area contributed by atoms with E-state index in [-0.39, 0.29) is 48.8 Å². The van der Waals surface area contributed by atoms with Crippen LogP contribution >= 0.6 is 0 Å². The minimum atomic E-state index is -0.797. The number of carbonyl (C=O) groups excluding carboxylic acids is 2. The lowest BCUT2D eigenvalue weighted by Gasteiger charge is -2.42. The normalized spacial score (nSPS) is 20.7. The van der Waals surface area contributed by atoms with Gasteiger partial charge in [0, 0.05) is 24.6 Å². The lowest BCUT2D eigenvalue weighted by molar-refractivity contribution is -0.276. The molecule has 3 N–H and O–H groups in total. The van der Waals surface area contributed by atoms with E-state index in [0.717, 1.165) is 33.4 Å². The van der Waals surface area contributed by atoms with Gasteiger partial charge in [0.25, 0.3) is 11.8 Å². The van der Waals surface area contributed by atoms with Gasteiger partial charge in [0.05, 0.1) is 42.6 Å². The third kappa shape index (κ3) is 7.41. The zero-order chi connectivity index (χ0) is 36.4. The summed E-state index contributed by atoms with van der Waals surface area (Å²) in [7, 11) is 1.94. The van der Waals surface area contributed by atoms with Crippen molar-refractivity contribution in [3.8, 4) is 16.9 Å². The number of ether oxygens (including phenoxy) is 2. The third-order valence-corrected chi connectivity index (χ3v) is 9.99. The average molecular weight is 699 g/mol. The monoisotopic (exact) mass is 698 g/mol. The largest absolute Gasteiger partial charge is 0.508 e. The Morgan fingerprint density at radius 1 is 0.750 bits per heavy atom. The van der Waals surface area contributed by atoms with Crippen LogP contribution in [0, 0.1) is 5.92 Å². The van der Waals surface area contributed by atoms with Crippen molar-refractivity contribution in [3.63, 3.8) is 0 Å². The van der Waals surface area contributed by atoms with Gasteiger partial charge in [-0.3, -0.25) is 14.5 Å². The fraction of sp³-hybridized carbons (Fsp3) is 0.256. The SMILES string of the molecule is C[C@@H]1[C@H](CN(C)C[C@@H](O)c2cccc(O)c2)O[C@H](c2cccc(-c3cccc(CN4C(=O)c5ccccc5C4=O)c3)c2)O[C@@H]1c1ccc(CO)cc1. The standard InChI is InChI=1S/C43H42N2O7/c1-27-39(25-44(2)24-38(48)33-11-7-13-35(47)22-33)51-43(52-40(27)30-18-16-28(26-46)17-19-30)34-12-6-10-32(21-34)31-9-5-8-29(20-31)23-45-41(49)36-14-3-4-15-37(36)42(45)50/h3-22,27,38-40,43,46-48H,23-26H2,1-2H3/t27-,38-,39+,40+,43+/m1/s1. The number of amides is 2. The molecule has 0 radical (unpaired) electrons. The van der Waals surface area contributed by atoms with Crippen LogP contribution in [0.2, 0.25) is 0 Å². The molecule has 0 unspecified atom stereocenters. The molecular weight excluding hydrogens is 656 g/mol.